The third kappa shape index (κ3) is 3.89. The van der Waals surface area contributed by atoms with Gasteiger partial charge in [0.2, 0.25) is 5.91 Å². The highest BCUT2D eigenvalue weighted by Gasteiger charge is 2.75. The fourth-order valence-electron chi connectivity index (χ4n) is 6.03. The van der Waals surface area contributed by atoms with Gasteiger partial charge in [-0.15, -0.1) is 6.58 Å². The summed E-state index contributed by atoms with van der Waals surface area (Å²) in [6.07, 6.45) is 3.65. The average Bonchev–Trinajstić information content (AvgIpc) is 3.49. The maximum atomic E-state index is 14.3. The lowest BCUT2D eigenvalue weighted by atomic mass is 9.70. The smallest absolute Gasteiger partial charge is 0.312 e. The van der Waals surface area contributed by atoms with Gasteiger partial charge >= 0.3 is 5.97 Å². The number of carbonyl (C=O) groups is 3. The minimum Gasteiger partial charge on any atom is -0.461 e. The van der Waals surface area contributed by atoms with Gasteiger partial charge in [-0.3, -0.25) is 14.4 Å². The predicted molar refractivity (Wildman–Crippen MR) is 131 cm³/mol. The van der Waals surface area contributed by atoms with Gasteiger partial charge in [-0.05, 0) is 50.8 Å². The van der Waals surface area contributed by atoms with Crippen molar-refractivity contribution >= 4 is 23.5 Å². The monoisotopic (exact) mass is 482 g/mol. The first-order chi connectivity index (χ1) is 16.7. The van der Waals surface area contributed by atoms with Crippen molar-refractivity contribution in [2.75, 3.05) is 24.7 Å². The molecule has 2 unspecified atom stereocenters. The summed E-state index contributed by atoms with van der Waals surface area (Å²) in [6.45, 7) is 12.9. The number of hydrogen-bond acceptors (Lipinski definition) is 6. The van der Waals surface area contributed by atoms with E-state index in [9.17, 15) is 19.5 Å². The average molecular weight is 483 g/mol. The Balaban J connectivity index is 1.80. The van der Waals surface area contributed by atoms with Crippen molar-refractivity contribution in [1.82, 2.24) is 4.90 Å². The zero-order valence-electron chi connectivity index (χ0n) is 20.6. The molecule has 0 radical (unpaired) electrons. The normalized spacial score (nSPS) is 29.6. The molecule has 2 bridgehead atoms. The summed E-state index contributed by atoms with van der Waals surface area (Å²) < 4.78 is 11.7. The summed E-state index contributed by atoms with van der Waals surface area (Å²) in [7, 11) is 0. The highest BCUT2D eigenvalue weighted by Crippen LogP contribution is 2.59. The van der Waals surface area contributed by atoms with Gasteiger partial charge in [-0.25, -0.2) is 0 Å². The van der Waals surface area contributed by atoms with Crippen LogP contribution in [0.15, 0.2) is 43.5 Å². The Morgan fingerprint density at radius 1 is 1.34 bits per heavy atom. The molecule has 3 aliphatic heterocycles. The molecule has 0 aromatic heterocycles. The third-order valence-corrected chi connectivity index (χ3v) is 7.56. The summed E-state index contributed by atoms with van der Waals surface area (Å²) in [5.41, 5.74) is 1.48. The molecule has 4 rings (SSSR count). The number of rotatable bonds is 9. The van der Waals surface area contributed by atoms with E-state index < -0.39 is 41.6 Å². The van der Waals surface area contributed by atoms with Crippen molar-refractivity contribution < 1.29 is 29.0 Å². The van der Waals surface area contributed by atoms with Crippen molar-refractivity contribution in [2.24, 2.45) is 11.8 Å². The number of amides is 2. The van der Waals surface area contributed by atoms with Crippen LogP contribution >= 0.6 is 0 Å². The maximum Gasteiger partial charge on any atom is 0.312 e. The number of esters is 1. The van der Waals surface area contributed by atoms with Crippen molar-refractivity contribution in [3.8, 4) is 0 Å². The Hall–Kier alpha value is -2.97. The van der Waals surface area contributed by atoms with Crippen LogP contribution < -0.4 is 4.90 Å². The van der Waals surface area contributed by atoms with E-state index in [1.54, 1.807) is 17.9 Å². The predicted octanol–water partition coefficient (Wildman–Crippen LogP) is 2.31. The molecule has 8 heteroatoms. The van der Waals surface area contributed by atoms with Crippen molar-refractivity contribution in [3.63, 3.8) is 0 Å². The number of ether oxygens (including phenoxy) is 2. The molecule has 0 saturated carbocycles. The lowest BCUT2D eigenvalue weighted by Crippen LogP contribution is -2.58. The van der Waals surface area contributed by atoms with Gasteiger partial charge in [0, 0.05) is 12.2 Å². The second-order valence-corrected chi connectivity index (χ2v) is 9.78. The van der Waals surface area contributed by atoms with Crippen LogP contribution in [0.5, 0.6) is 0 Å². The number of aryl methyl sites for hydroxylation is 2. The van der Waals surface area contributed by atoms with E-state index in [-0.39, 0.29) is 31.6 Å². The Labute approximate surface area is 206 Å². The SMILES string of the molecule is C=CCOC(=O)[C@@H]1[C@H]2C(=O)N([C@H](C)CO)C(C(=O)N(CC=C)c3cc(C)ccc3C)C23CC[C@H]1O3. The number of nitrogens with zero attached hydrogens (tertiary/aromatic N) is 2. The molecule has 1 N–H and O–H groups in total. The van der Waals surface area contributed by atoms with Crippen molar-refractivity contribution in [3.05, 3.63) is 54.6 Å². The quantitative estimate of drug-likeness (QED) is 0.429. The van der Waals surface area contributed by atoms with Crippen LogP contribution in [0.4, 0.5) is 5.69 Å². The Bertz CT molecular complexity index is 1050. The molecule has 3 heterocycles. The van der Waals surface area contributed by atoms with Crippen LogP contribution in [0, 0.1) is 25.7 Å². The molecule has 0 aliphatic carbocycles. The number of likely N-dealkylation sites (tertiary alicyclic amines) is 1. The molecule has 35 heavy (non-hydrogen) atoms. The lowest BCUT2D eigenvalue weighted by Gasteiger charge is -2.38. The molecule has 1 spiro atoms. The van der Waals surface area contributed by atoms with Gasteiger partial charge in [-0.2, -0.15) is 0 Å². The maximum absolute atomic E-state index is 14.3. The topological polar surface area (TPSA) is 96.4 Å². The molecule has 6 atom stereocenters. The summed E-state index contributed by atoms with van der Waals surface area (Å²) in [6, 6.07) is 4.25. The fourth-order valence-corrected chi connectivity index (χ4v) is 6.03. The van der Waals surface area contributed by atoms with Gasteiger partial charge in [0.15, 0.2) is 0 Å². The molecule has 3 fully saturated rings. The minimum absolute atomic E-state index is 0.0365. The summed E-state index contributed by atoms with van der Waals surface area (Å²) in [5.74, 6) is -2.82. The second kappa shape index (κ2) is 9.59. The molecule has 3 saturated heterocycles. The first kappa shape index (κ1) is 25.1. The fraction of sp³-hybridized carbons (Fsp3) is 0.519. The summed E-state index contributed by atoms with van der Waals surface area (Å²) in [4.78, 5) is 44.2. The van der Waals surface area contributed by atoms with Crippen LogP contribution in [0.1, 0.15) is 30.9 Å². The van der Waals surface area contributed by atoms with Crippen LogP contribution in [0.3, 0.4) is 0 Å². The third-order valence-electron chi connectivity index (χ3n) is 7.56. The minimum atomic E-state index is -1.16. The Morgan fingerprint density at radius 3 is 2.74 bits per heavy atom. The molecule has 8 nitrogen and oxygen atoms in total. The highest BCUT2D eigenvalue weighted by atomic mass is 16.6. The highest BCUT2D eigenvalue weighted by molar-refractivity contribution is 6.05. The van der Waals surface area contributed by atoms with Gasteiger partial charge in [0.25, 0.3) is 5.91 Å². The molecule has 2 amide bonds. The number of anilines is 1. The largest absolute Gasteiger partial charge is 0.461 e. The van der Waals surface area contributed by atoms with Gasteiger partial charge in [-0.1, -0.05) is 30.9 Å². The summed E-state index contributed by atoms with van der Waals surface area (Å²) >= 11 is 0. The van der Waals surface area contributed by atoms with E-state index in [1.807, 2.05) is 32.0 Å². The first-order valence-corrected chi connectivity index (χ1v) is 12.1. The summed E-state index contributed by atoms with van der Waals surface area (Å²) in [5, 5.41) is 10.00. The molecular formula is C27H34N2O6. The van der Waals surface area contributed by atoms with Crippen LogP contribution in [0.25, 0.3) is 0 Å². The lowest BCUT2D eigenvalue weighted by molar-refractivity contribution is -0.154. The molecular weight excluding hydrogens is 448 g/mol. The van der Waals surface area contributed by atoms with Crippen LogP contribution in [-0.2, 0) is 23.9 Å². The van der Waals surface area contributed by atoms with Crippen molar-refractivity contribution in [1.29, 1.82) is 0 Å². The molecule has 188 valence electrons. The number of fused-ring (bicyclic) bond motifs is 1. The van der Waals surface area contributed by atoms with E-state index in [4.69, 9.17) is 9.47 Å². The molecule has 1 aromatic carbocycles. The van der Waals surface area contributed by atoms with E-state index in [1.165, 1.54) is 11.0 Å². The zero-order chi connectivity index (χ0) is 25.5. The van der Waals surface area contributed by atoms with Gasteiger partial charge in [0.05, 0.1) is 30.6 Å². The number of aliphatic hydroxyl groups is 1. The van der Waals surface area contributed by atoms with E-state index >= 15 is 0 Å². The Morgan fingerprint density at radius 2 is 2.09 bits per heavy atom. The van der Waals surface area contributed by atoms with E-state index in [2.05, 4.69) is 13.2 Å². The van der Waals surface area contributed by atoms with Crippen LogP contribution in [-0.4, -0.2) is 71.3 Å². The van der Waals surface area contributed by atoms with Gasteiger partial charge < -0.3 is 24.4 Å². The van der Waals surface area contributed by atoms with E-state index in [0.29, 0.717) is 12.8 Å². The Kier molecular flexibility index (Phi) is 6.88. The molecule has 3 aliphatic rings. The second-order valence-electron chi connectivity index (χ2n) is 9.78. The molecule has 1 aromatic rings. The number of carbonyl (C=O) groups excluding carboxylic acids is 3. The number of aliphatic hydroxyl groups excluding tert-OH is 1. The van der Waals surface area contributed by atoms with Crippen LogP contribution in [0.2, 0.25) is 0 Å². The standard InChI is InChI=1S/C27H34N2O6/c1-6-12-28(19-14-16(3)8-9-17(19)4)25(32)23-27-11-10-20(35-27)21(26(33)34-13-7-2)22(27)24(31)29(23)18(5)15-30/h6-9,14,18,20-23,30H,1-2,10-13,15H2,3-5H3/t18-,20-,21+,22+,23?,27?/m1/s1. The zero-order valence-corrected chi connectivity index (χ0v) is 20.6. The number of benzene rings is 1. The van der Waals surface area contributed by atoms with Gasteiger partial charge in [0.1, 0.15) is 18.2 Å². The number of hydrogen-bond donors (Lipinski definition) is 1. The van der Waals surface area contributed by atoms with Crippen molar-refractivity contribution in [2.45, 2.75) is 57.4 Å². The van der Waals surface area contributed by atoms with E-state index in [0.717, 1.165) is 16.8 Å². The first-order valence-electron chi connectivity index (χ1n) is 12.1.